The van der Waals surface area contributed by atoms with Crippen LogP contribution in [0.25, 0.3) is 0 Å². The molecule has 0 saturated heterocycles. The number of rotatable bonds is 4. The van der Waals surface area contributed by atoms with Crippen molar-refractivity contribution in [3.8, 4) is 5.75 Å². The van der Waals surface area contributed by atoms with E-state index in [2.05, 4.69) is 21.0 Å². The fourth-order valence-electron chi connectivity index (χ4n) is 2.00. The molecule has 0 aliphatic rings. The molecule has 0 saturated carbocycles. The summed E-state index contributed by atoms with van der Waals surface area (Å²) >= 11 is 9.64. The topological polar surface area (TPSA) is 53.1 Å². The molecule has 1 unspecified atom stereocenters. The van der Waals surface area contributed by atoms with E-state index in [1.54, 1.807) is 4.68 Å². The molecular formula is C14H17BrClN3O. The maximum atomic E-state index is 6.20. The van der Waals surface area contributed by atoms with Crippen LogP contribution in [0.4, 0.5) is 0 Å². The van der Waals surface area contributed by atoms with E-state index in [0.29, 0.717) is 11.8 Å². The van der Waals surface area contributed by atoms with Crippen molar-refractivity contribution in [2.24, 2.45) is 12.8 Å². The summed E-state index contributed by atoms with van der Waals surface area (Å²) in [5.74, 6) is 0.758. The summed E-state index contributed by atoms with van der Waals surface area (Å²) in [6.07, 6.45) is 0. The predicted octanol–water partition coefficient (Wildman–Crippen LogP) is 3.74. The van der Waals surface area contributed by atoms with Gasteiger partial charge in [0.05, 0.1) is 5.69 Å². The van der Waals surface area contributed by atoms with E-state index >= 15 is 0 Å². The molecule has 0 aliphatic carbocycles. The molecule has 1 heterocycles. The second kappa shape index (κ2) is 6.16. The van der Waals surface area contributed by atoms with Gasteiger partial charge in [0, 0.05) is 28.7 Å². The second-order valence-corrected chi connectivity index (χ2v) is 6.01. The lowest BCUT2D eigenvalue weighted by atomic mass is 10.1. The first-order chi connectivity index (χ1) is 9.40. The van der Waals surface area contributed by atoms with Crippen LogP contribution < -0.4 is 10.5 Å². The standard InChI is InChI=1S/C14H17BrClN3O/c1-8(17)11-5-4-10(15)6-13(11)20-7-12-9(2)18-19(3)14(12)16/h4-6,8H,7,17H2,1-3H3. The van der Waals surface area contributed by atoms with Crippen molar-refractivity contribution in [3.63, 3.8) is 0 Å². The van der Waals surface area contributed by atoms with Crippen LogP contribution in [0, 0.1) is 6.92 Å². The van der Waals surface area contributed by atoms with Gasteiger partial charge in [-0.05, 0) is 26.0 Å². The first kappa shape index (κ1) is 15.4. The minimum atomic E-state index is -0.0939. The maximum absolute atomic E-state index is 6.20. The Labute approximate surface area is 132 Å². The Bertz CT molecular complexity index is 625. The smallest absolute Gasteiger partial charge is 0.133 e. The Balaban J connectivity index is 2.24. The number of aryl methyl sites for hydroxylation is 2. The molecule has 1 aromatic heterocycles. The van der Waals surface area contributed by atoms with Gasteiger partial charge in [0.25, 0.3) is 0 Å². The molecule has 6 heteroatoms. The van der Waals surface area contributed by atoms with Crippen molar-refractivity contribution in [1.29, 1.82) is 0 Å². The molecular weight excluding hydrogens is 342 g/mol. The molecule has 2 aromatic rings. The first-order valence-corrected chi connectivity index (χ1v) is 7.43. The number of halogens is 2. The molecule has 0 bridgehead atoms. The molecule has 2 rings (SSSR count). The van der Waals surface area contributed by atoms with Gasteiger partial charge in [0.2, 0.25) is 0 Å². The minimum absolute atomic E-state index is 0.0939. The molecule has 0 aliphatic heterocycles. The van der Waals surface area contributed by atoms with Gasteiger partial charge < -0.3 is 10.5 Å². The van der Waals surface area contributed by atoms with Gasteiger partial charge in [0.1, 0.15) is 17.5 Å². The summed E-state index contributed by atoms with van der Waals surface area (Å²) in [5.41, 5.74) is 8.69. The van der Waals surface area contributed by atoms with Crippen molar-refractivity contribution in [2.75, 3.05) is 0 Å². The lowest BCUT2D eigenvalue weighted by Gasteiger charge is -2.14. The minimum Gasteiger partial charge on any atom is -0.488 e. The molecule has 20 heavy (non-hydrogen) atoms. The van der Waals surface area contributed by atoms with Gasteiger partial charge in [-0.15, -0.1) is 0 Å². The predicted molar refractivity (Wildman–Crippen MR) is 84.0 cm³/mol. The summed E-state index contributed by atoms with van der Waals surface area (Å²) in [7, 11) is 1.81. The number of nitrogens with zero attached hydrogens (tertiary/aromatic N) is 2. The van der Waals surface area contributed by atoms with Crippen LogP contribution in [0.1, 0.15) is 29.8 Å². The van der Waals surface area contributed by atoms with Gasteiger partial charge in [-0.1, -0.05) is 33.6 Å². The van der Waals surface area contributed by atoms with Gasteiger partial charge in [-0.25, -0.2) is 0 Å². The summed E-state index contributed by atoms with van der Waals surface area (Å²) in [4.78, 5) is 0. The highest BCUT2D eigenvalue weighted by Crippen LogP contribution is 2.29. The fourth-order valence-corrected chi connectivity index (χ4v) is 2.57. The zero-order valence-electron chi connectivity index (χ0n) is 11.7. The van der Waals surface area contributed by atoms with E-state index in [-0.39, 0.29) is 6.04 Å². The Morgan fingerprint density at radius 2 is 2.20 bits per heavy atom. The van der Waals surface area contributed by atoms with Crippen LogP contribution in [0.3, 0.4) is 0 Å². The molecule has 0 radical (unpaired) electrons. The van der Waals surface area contributed by atoms with Gasteiger partial charge in [-0.2, -0.15) is 5.10 Å². The number of hydrogen-bond acceptors (Lipinski definition) is 3. The fraction of sp³-hybridized carbons (Fsp3) is 0.357. The monoisotopic (exact) mass is 357 g/mol. The molecule has 0 fully saturated rings. The lowest BCUT2D eigenvalue weighted by molar-refractivity contribution is 0.300. The molecule has 108 valence electrons. The van der Waals surface area contributed by atoms with Crippen LogP contribution in [0.2, 0.25) is 5.15 Å². The maximum Gasteiger partial charge on any atom is 0.133 e. The van der Waals surface area contributed by atoms with Crippen molar-refractivity contribution >= 4 is 27.5 Å². The quantitative estimate of drug-likeness (QED) is 0.905. The van der Waals surface area contributed by atoms with Gasteiger partial charge >= 0.3 is 0 Å². The van der Waals surface area contributed by atoms with Crippen LogP contribution >= 0.6 is 27.5 Å². The van der Waals surface area contributed by atoms with Crippen molar-refractivity contribution in [3.05, 3.63) is 44.6 Å². The largest absolute Gasteiger partial charge is 0.488 e. The third-order valence-electron chi connectivity index (χ3n) is 3.11. The normalized spacial score (nSPS) is 12.5. The van der Waals surface area contributed by atoms with E-state index in [1.165, 1.54) is 0 Å². The third-order valence-corrected chi connectivity index (χ3v) is 4.07. The highest BCUT2D eigenvalue weighted by molar-refractivity contribution is 9.10. The van der Waals surface area contributed by atoms with Crippen LogP contribution in [-0.2, 0) is 13.7 Å². The van der Waals surface area contributed by atoms with E-state index in [4.69, 9.17) is 22.1 Å². The Kier molecular flexibility index (Phi) is 4.73. The van der Waals surface area contributed by atoms with Crippen LogP contribution in [0.15, 0.2) is 22.7 Å². The number of nitrogens with two attached hydrogens (primary N) is 1. The average molecular weight is 359 g/mol. The van der Waals surface area contributed by atoms with Crippen molar-refractivity contribution < 1.29 is 4.74 Å². The van der Waals surface area contributed by atoms with Crippen molar-refractivity contribution in [1.82, 2.24) is 9.78 Å². The zero-order valence-corrected chi connectivity index (χ0v) is 14.0. The van der Waals surface area contributed by atoms with Gasteiger partial charge in [-0.3, -0.25) is 4.68 Å². The number of hydrogen-bond donors (Lipinski definition) is 1. The lowest BCUT2D eigenvalue weighted by Crippen LogP contribution is -2.08. The van der Waals surface area contributed by atoms with Crippen LogP contribution in [0.5, 0.6) is 5.75 Å². The van der Waals surface area contributed by atoms with E-state index < -0.39 is 0 Å². The molecule has 1 atom stereocenters. The Morgan fingerprint density at radius 3 is 2.75 bits per heavy atom. The number of ether oxygens (including phenoxy) is 1. The number of benzene rings is 1. The molecule has 0 amide bonds. The summed E-state index contributed by atoms with van der Waals surface area (Å²) in [6.45, 7) is 4.21. The van der Waals surface area contributed by atoms with E-state index in [1.807, 2.05) is 39.1 Å². The molecule has 0 spiro atoms. The van der Waals surface area contributed by atoms with E-state index in [9.17, 15) is 0 Å². The Hall–Kier alpha value is -1.04. The second-order valence-electron chi connectivity index (χ2n) is 4.74. The summed E-state index contributed by atoms with van der Waals surface area (Å²) < 4.78 is 8.48. The zero-order chi connectivity index (χ0) is 14.9. The molecule has 2 N–H and O–H groups in total. The van der Waals surface area contributed by atoms with Crippen LogP contribution in [-0.4, -0.2) is 9.78 Å². The summed E-state index contributed by atoms with van der Waals surface area (Å²) in [6, 6.07) is 5.73. The third kappa shape index (κ3) is 3.16. The van der Waals surface area contributed by atoms with Crippen molar-refractivity contribution in [2.45, 2.75) is 26.5 Å². The highest BCUT2D eigenvalue weighted by atomic mass is 79.9. The molecule has 1 aromatic carbocycles. The number of aromatic nitrogens is 2. The molecule has 4 nitrogen and oxygen atoms in total. The van der Waals surface area contributed by atoms with E-state index in [0.717, 1.165) is 27.0 Å². The Morgan fingerprint density at radius 1 is 1.50 bits per heavy atom. The SMILES string of the molecule is Cc1nn(C)c(Cl)c1COc1cc(Br)ccc1C(C)N. The van der Waals surface area contributed by atoms with Gasteiger partial charge in [0.15, 0.2) is 0 Å². The average Bonchev–Trinajstić information content (AvgIpc) is 2.61. The first-order valence-electron chi connectivity index (χ1n) is 6.26. The summed E-state index contributed by atoms with van der Waals surface area (Å²) in [5, 5.41) is 4.87. The highest BCUT2D eigenvalue weighted by Gasteiger charge is 2.14.